The molecule has 1 spiro atoms. The molecule has 196 valence electrons. The van der Waals surface area contributed by atoms with E-state index in [0.717, 1.165) is 31.8 Å². The lowest BCUT2D eigenvalue weighted by molar-refractivity contribution is -0.192. The number of hydrogen-bond donors (Lipinski definition) is 1. The van der Waals surface area contributed by atoms with Gasteiger partial charge in [0.2, 0.25) is 0 Å². The number of carbonyl (C=O) groups excluding carboxylic acids is 2. The van der Waals surface area contributed by atoms with Crippen molar-refractivity contribution < 1.29 is 41.8 Å². The van der Waals surface area contributed by atoms with Crippen LogP contribution in [-0.2, 0) is 26.5 Å². The summed E-state index contributed by atoms with van der Waals surface area (Å²) in [5.41, 5.74) is -0.0154. The number of amides is 2. The molecule has 1 N–H and O–H groups in total. The predicted octanol–water partition coefficient (Wildman–Crippen LogP) is 2.57. The smallest absolute Gasteiger partial charge is 0.475 e. The van der Waals surface area contributed by atoms with Gasteiger partial charge >= 0.3 is 12.1 Å². The number of aromatic nitrogens is 2. The molecule has 5 heterocycles. The number of fused-ring (bicyclic) bond motifs is 2. The number of likely N-dealkylation sites (tertiary alicyclic amines) is 2. The Morgan fingerprint density at radius 1 is 1.11 bits per heavy atom. The van der Waals surface area contributed by atoms with Crippen LogP contribution in [0, 0.1) is 6.92 Å². The molecular weight excluding hydrogens is 485 g/mol. The topological polar surface area (TPSA) is 118 Å². The molecule has 5 rings (SSSR count). The van der Waals surface area contributed by atoms with Crippen LogP contribution >= 0.6 is 0 Å². The maximum atomic E-state index is 13.0. The number of carbonyl (C=O) groups is 3. The second-order valence-corrected chi connectivity index (χ2v) is 9.02. The number of aliphatic carboxylic acids is 1. The van der Waals surface area contributed by atoms with E-state index in [0.29, 0.717) is 43.8 Å². The van der Waals surface area contributed by atoms with Crippen LogP contribution in [0.5, 0.6) is 0 Å². The molecule has 36 heavy (non-hydrogen) atoms. The summed E-state index contributed by atoms with van der Waals surface area (Å²) < 4.78 is 45.6. The largest absolute Gasteiger partial charge is 0.490 e. The SMILES string of the molecule is Cc1occc1C(=O)N1CCC2(CC1)OC(C(=O)N1CCCC1)Cn1ccnc12.O=C(O)C(F)(F)F. The van der Waals surface area contributed by atoms with Crippen molar-refractivity contribution in [1.82, 2.24) is 19.4 Å². The number of imidazole rings is 1. The van der Waals surface area contributed by atoms with E-state index in [1.165, 1.54) is 0 Å². The van der Waals surface area contributed by atoms with Crippen LogP contribution < -0.4 is 0 Å². The molecule has 2 saturated heterocycles. The van der Waals surface area contributed by atoms with Gasteiger partial charge in [-0.15, -0.1) is 0 Å². The number of rotatable bonds is 2. The first-order valence-corrected chi connectivity index (χ1v) is 11.6. The van der Waals surface area contributed by atoms with Crippen LogP contribution in [0.1, 0.15) is 47.6 Å². The first-order valence-electron chi connectivity index (χ1n) is 11.6. The Kier molecular flexibility index (Phi) is 7.12. The minimum absolute atomic E-state index is 0.0186. The van der Waals surface area contributed by atoms with E-state index in [1.807, 2.05) is 16.0 Å². The Morgan fingerprint density at radius 3 is 2.31 bits per heavy atom. The number of halogens is 3. The quantitative estimate of drug-likeness (QED) is 0.657. The lowest BCUT2D eigenvalue weighted by Gasteiger charge is -2.46. The van der Waals surface area contributed by atoms with Gasteiger partial charge in [0.1, 0.15) is 17.2 Å². The lowest BCUT2D eigenvalue weighted by atomic mass is 9.88. The average Bonchev–Trinajstić information content (AvgIpc) is 3.60. The standard InChI is InChI=1S/C21H26N4O4.C2HF3O2/c1-15-16(4-13-28-15)18(26)24-10-5-21(6-11-24)20-22-7-12-25(20)14-17(29-21)19(27)23-8-2-3-9-23;3-2(4,5)1(6)7/h4,7,12-13,17H,2-3,5-6,8-11,14H2,1H3;(H,6,7). The summed E-state index contributed by atoms with van der Waals surface area (Å²) in [5.74, 6) is -1.19. The zero-order valence-electron chi connectivity index (χ0n) is 19.7. The van der Waals surface area contributed by atoms with Gasteiger partial charge in [0.25, 0.3) is 11.8 Å². The maximum absolute atomic E-state index is 13.0. The first kappa shape index (κ1) is 25.7. The highest BCUT2D eigenvalue weighted by Gasteiger charge is 2.48. The van der Waals surface area contributed by atoms with Crippen molar-refractivity contribution >= 4 is 17.8 Å². The number of furan rings is 1. The van der Waals surface area contributed by atoms with Gasteiger partial charge in [-0.25, -0.2) is 9.78 Å². The second-order valence-electron chi connectivity index (χ2n) is 9.02. The number of ether oxygens (including phenoxy) is 1. The summed E-state index contributed by atoms with van der Waals surface area (Å²) in [4.78, 5) is 43.1. The zero-order valence-corrected chi connectivity index (χ0v) is 19.7. The minimum atomic E-state index is -5.08. The van der Waals surface area contributed by atoms with Crippen LogP contribution in [0.3, 0.4) is 0 Å². The molecule has 2 aromatic rings. The van der Waals surface area contributed by atoms with Crippen LogP contribution in [0.15, 0.2) is 29.1 Å². The normalized spacial score (nSPS) is 21.1. The average molecular weight is 512 g/mol. The number of carboxylic acid groups (broad SMARTS) is 1. The summed E-state index contributed by atoms with van der Waals surface area (Å²) >= 11 is 0. The zero-order chi connectivity index (χ0) is 26.1. The molecule has 13 heteroatoms. The van der Waals surface area contributed by atoms with Gasteiger partial charge in [0.15, 0.2) is 6.10 Å². The van der Waals surface area contributed by atoms with E-state index in [1.54, 1.807) is 25.5 Å². The molecule has 1 unspecified atom stereocenters. The summed E-state index contributed by atoms with van der Waals surface area (Å²) in [7, 11) is 0. The number of hydrogen-bond acceptors (Lipinski definition) is 6. The molecule has 2 amide bonds. The molecule has 1 atom stereocenters. The predicted molar refractivity (Wildman–Crippen MR) is 117 cm³/mol. The Bertz CT molecular complexity index is 1110. The van der Waals surface area contributed by atoms with Crippen LogP contribution in [0.2, 0.25) is 0 Å². The summed E-state index contributed by atoms with van der Waals surface area (Å²) in [5, 5.41) is 7.12. The number of piperidine rings is 1. The molecule has 3 aliphatic heterocycles. The molecule has 0 aromatic carbocycles. The highest BCUT2D eigenvalue weighted by molar-refractivity contribution is 5.95. The van der Waals surface area contributed by atoms with Crippen molar-refractivity contribution in [2.45, 2.75) is 57.0 Å². The molecule has 0 aliphatic carbocycles. The summed E-state index contributed by atoms with van der Waals surface area (Å²) in [6.45, 7) is 5.04. The fourth-order valence-corrected chi connectivity index (χ4v) is 4.86. The molecule has 10 nitrogen and oxygen atoms in total. The Balaban J connectivity index is 0.000000384. The van der Waals surface area contributed by atoms with E-state index >= 15 is 0 Å². The lowest BCUT2D eigenvalue weighted by Crippen LogP contribution is -2.55. The third kappa shape index (κ3) is 5.11. The number of alkyl halides is 3. The monoisotopic (exact) mass is 512 g/mol. The Hall–Kier alpha value is -3.35. The highest BCUT2D eigenvalue weighted by atomic mass is 19.4. The minimum Gasteiger partial charge on any atom is -0.475 e. The maximum Gasteiger partial charge on any atom is 0.490 e. The van der Waals surface area contributed by atoms with Crippen LogP contribution in [0.4, 0.5) is 13.2 Å². The highest BCUT2D eigenvalue weighted by Crippen LogP contribution is 2.41. The van der Waals surface area contributed by atoms with Gasteiger partial charge in [-0.05, 0) is 25.8 Å². The van der Waals surface area contributed by atoms with Gasteiger partial charge in [0.05, 0.1) is 18.4 Å². The van der Waals surface area contributed by atoms with E-state index in [2.05, 4.69) is 9.55 Å². The van der Waals surface area contributed by atoms with Crippen molar-refractivity contribution in [1.29, 1.82) is 0 Å². The van der Waals surface area contributed by atoms with E-state index in [-0.39, 0.29) is 11.8 Å². The number of aryl methyl sites for hydroxylation is 1. The van der Waals surface area contributed by atoms with Gasteiger partial charge in [-0.2, -0.15) is 13.2 Å². The molecule has 2 fully saturated rings. The van der Waals surface area contributed by atoms with Crippen molar-refractivity contribution in [2.24, 2.45) is 0 Å². The summed E-state index contributed by atoms with van der Waals surface area (Å²) in [6.07, 6.45) is 3.03. The van der Waals surface area contributed by atoms with E-state index < -0.39 is 23.9 Å². The van der Waals surface area contributed by atoms with Gasteiger partial charge in [-0.1, -0.05) is 0 Å². The van der Waals surface area contributed by atoms with Crippen molar-refractivity contribution in [3.63, 3.8) is 0 Å². The molecule has 0 bridgehead atoms. The van der Waals surface area contributed by atoms with Crippen molar-refractivity contribution in [2.75, 3.05) is 26.2 Å². The van der Waals surface area contributed by atoms with E-state index in [9.17, 15) is 22.8 Å². The molecule has 0 radical (unpaired) electrons. The van der Waals surface area contributed by atoms with Gasteiger partial charge in [0, 0.05) is 51.4 Å². The van der Waals surface area contributed by atoms with Crippen molar-refractivity contribution in [3.05, 3.63) is 41.9 Å². The summed E-state index contributed by atoms with van der Waals surface area (Å²) in [6, 6.07) is 1.72. The van der Waals surface area contributed by atoms with Crippen LogP contribution in [-0.4, -0.2) is 80.7 Å². The fraction of sp³-hybridized carbons (Fsp3) is 0.565. The van der Waals surface area contributed by atoms with Crippen molar-refractivity contribution in [3.8, 4) is 0 Å². The van der Waals surface area contributed by atoms with Gasteiger partial charge in [-0.3, -0.25) is 9.59 Å². The van der Waals surface area contributed by atoms with Crippen LogP contribution in [0.25, 0.3) is 0 Å². The van der Waals surface area contributed by atoms with Gasteiger partial charge < -0.3 is 28.6 Å². The molecular formula is C23H27F3N4O6. The third-order valence-corrected chi connectivity index (χ3v) is 6.74. The molecule has 3 aliphatic rings. The Morgan fingerprint density at radius 2 is 1.75 bits per heavy atom. The second kappa shape index (κ2) is 9.96. The first-order chi connectivity index (χ1) is 17.0. The number of carboxylic acids is 1. The third-order valence-electron chi connectivity index (χ3n) is 6.74. The fourth-order valence-electron chi connectivity index (χ4n) is 4.86. The molecule has 0 saturated carbocycles. The Labute approximate surface area is 204 Å². The van der Waals surface area contributed by atoms with E-state index in [4.69, 9.17) is 19.1 Å². The molecule has 2 aromatic heterocycles. The number of nitrogens with zero attached hydrogens (tertiary/aromatic N) is 4.